The van der Waals surface area contributed by atoms with Crippen LogP contribution in [0.25, 0.3) is 0 Å². The summed E-state index contributed by atoms with van der Waals surface area (Å²) >= 11 is 4.16. The molecule has 0 aromatic carbocycles. The van der Waals surface area contributed by atoms with Crippen LogP contribution in [0.1, 0.15) is 26.7 Å². The van der Waals surface area contributed by atoms with Gasteiger partial charge in [-0.1, -0.05) is 13.8 Å². The third-order valence-electron chi connectivity index (χ3n) is 2.05. The third-order valence-corrected chi connectivity index (χ3v) is 4.41. The monoisotopic (exact) mass is 205 g/mol. The molecule has 2 unspecified atom stereocenters. The predicted molar refractivity (Wildman–Crippen MR) is 61.1 cm³/mol. The number of thioether (sulfide) groups is 2. The van der Waals surface area contributed by atoms with Gasteiger partial charge < -0.3 is 5.32 Å². The Balaban J connectivity index is 2.06. The highest BCUT2D eigenvalue weighted by molar-refractivity contribution is 8.00. The van der Waals surface area contributed by atoms with E-state index >= 15 is 0 Å². The Morgan fingerprint density at radius 3 is 3.08 bits per heavy atom. The minimum atomic E-state index is 0.729. The topological polar surface area (TPSA) is 12.0 Å². The molecule has 0 radical (unpaired) electrons. The zero-order valence-electron chi connectivity index (χ0n) is 8.01. The molecule has 1 rings (SSSR count). The largest absolute Gasteiger partial charge is 0.305 e. The lowest BCUT2D eigenvalue weighted by Gasteiger charge is -2.27. The minimum absolute atomic E-state index is 0.729. The lowest BCUT2D eigenvalue weighted by atomic mass is 10.3. The van der Waals surface area contributed by atoms with E-state index in [4.69, 9.17) is 0 Å². The van der Waals surface area contributed by atoms with Crippen molar-refractivity contribution in [3.8, 4) is 0 Å². The maximum Gasteiger partial charge on any atom is 0.0542 e. The first-order valence-electron chi connectivity index (χ1n) is 4.79. The van der Waals surface area contributed by atoms with Gasteiger partial charge in [0, 0.05) is 5.25 Å². The maximum atomic E-state index is 3.56. The SMILES string of the molecule is CCSCCC1NCCC(C)S1. The number of hydrogen-bond donors (Lipinski definition) is 1. The molecule has 1 saturated heterocycles. The first-order valence-corrected chi connectivity index (χ1v) is 6.89. The van der Waals surface area contributed by atoms with Gasteiger partial charge >= 0.3 is 0 Å². The molecule has 1 fully saturated rings. The van der Waals surface area contributed by atoms with Gasteiger partial charge in [0.05, 0.1) is 5.37 Å². The van der Waals surface area contributed by atoms with E-state index in [1.165, 1.54) is 30.9 Å². The molecule has 1 aliphatic heterocycles. The van der Waals surface area contributed by atoms with Crippen LogP contribution in [0.2, 0.25) is 0 Å². The highest BCUT2D eigenvalue weighted by Gasteiger charge is 2.17. The third kappa shape index (κ3) is 4.06. The molecule has 0 saturated carbocycles. The van der Waals surface area contributed by atoms with Crippen molar-refractivity contribution in [1.29, 1.82) is 0 Å². The van der Waals surface area contributed by atoms with Crippen LogP contribution in [0.4, 0.5) is 0 Å². The first-order chi connectivity index (χ1) is 5.83. The molecule has 0 amide bonds. The Kier molecular flexibility index (Phi) is 5.52. The summed E-state index contributed by atoms with van der Waals surface area (Å²) in [7, 11) is 0. The second kappa shape index (κ2) is 6.17. The van der Waals surface area contributed by atoms with E-state index in [1.54, 1.807) is 0 Å². The quantitative estimate of drug-likeness (QED) is 0.709. The van der Waals surface area contributed by atoms with Gasteiger partial charge in [0.15, 0.2) is 0 Å². The Bertz CT molecular complexity index is 119. The average molecular weight is 205 g/mol. The van der Waals surface area contributed by atoms with Crippen LogP contribution in [0, 0.1) is 0 Å². The van der Waals surface area contributed by atoms with Crippen molar-refractivity contribution >= 4 is 23.5 Å². The number of nitrogens with one attached hydrogen (secondary N) is 1. The van der Waals surface area contributed by atoms with E-state index in [0.717, 1.165) is 10.6 Å². The normalized spacial score (nSPS) is 30.5. The lowest BCUT2D eigenvalue weighted by Crippen LogP contribution is -2.35. The Morgan fingerprint density at radius 2 is 2.42 bits per heavy atom. The van der Waals surface area contributed by atoms with E-state index in [0.29, 0.717) is 0 Å². The van der Waals surface area contributed by atoms with E-state index in [1.807, 2.05) is 11.8 Å². The zero-order chi connectivity index (χ0) is 8.81. The van der Waals surface area contributed by atoms with Gasteiger partial charge in [0.25, 0.3) is 0 Å². The second-order valence-corrected chi connectivity index (χ2v) is 6.20. The van der Waals surface area contributed by atoms with Crippen molar-refractivity contribution < 1.29 is 0 Å². The molecule has 0 aromatic heterocycles. The van der Waals surface area contributed by atoms with E-state index in [-0.39, 0.29) is 0 Å². The van der Waals surface area contributed by atoms with Crippen molar-refractivity contribution in [3.63, 3.8) is 0 Å². The summed E-state index contributed by atoms with van der Waals surface area (Å²) in [5.74, 6) is 2.57. The van der Waals surface area contributed by atoms with Gasteiger partial charge in [-0.3, -0.25) is 0 Å². The van der Waals surface area contributed by atoms with Crippen LogP contribution in [-0.4, -0.2) is 28.7 Å². The fourth-order valence-electron chi connectivity index (χ4n) is 1.35. The minimum Gasteiger partial charge on any atom is -0.305 e. The van der Waals surface area contributed by atoms with Crippen molar-refractivity contribution in [2.24, 2.45) is 0 Å². The Hall–Kier alpha value is 0.660. The molecule has 2 atom stereocenters. The molecule has 0 aliphatic carbocycles. The first kappa shape index (κ1) is 10.7. The molecule has 0 aromatic rings. The van der Waals surface area contributed by atoms with Crippen LogP contribution in [0.5, 0.6) is 0 Å². The summed E-state index contributed by atoms with van der Waals surface area (Å²) in [5, 5.41) is 5.15. The van der Waals surface area contributed by atoms with Gasteiger partial charge in [0.2, 0.25) is 0 Å². The molecule has 12 heavy (non-hydrogen) atoms. The molecule has 3 heteroatoms. The van der Waals surface area contributed by atoms with Crippen molar-refractivity contribution in [3.05, 3.63) is 0 Å². The van der Waals surface area contributed by atoms with Crippen molar-refractivity contribution in [1.82, 2.24) is 5.32 Å². The highest BCUT2D eigenvalue weighted by atomic mass is 32.2. The molecule has 1 N–H and O–H groups in total. The van der Waals surface area contributed by atoms with Gasteiger partial charge in [0.1, 0.15) is 0 Å². The molecule has 1 nitrogen and oxygen atoms in total. The Labute approximate surface area is 84.4 Å². The van der Waals surface area contributed by atoms with Gasteiger partial charge in [-0.25, -0.2) is 0 Å². The van der Waals surface area contributed by atoms with Crippen LogP contribution >= 0.6 is 23.5 Å². The standard InChI is InChI=1S/C9H19NS2/c1-3-11-7-5-9-10-6-4-8(2)12-9/h8-10H,3-7H2,1-2H3. The summed E-state index contributed by atoms with van der Waals surface area (Å²) in [4.78, 5) is 0. The summed E-state index contributed by atoms with van der Waals surface area (Å²) in [6.45, 7) is 5.79. The van der Waals surface area contributed by atoms with Gasteiger partial charge in [-0.05, 0) is 30.9 Å². The summed E-state index contributed by atoms with van der Waals surface area (Å²) in [6, 6.07) is 0. The molecule has 1 aliphatic rings. The fraction of sp³-hybridized carbons (Fsp3) is 1.00. The lowest BCUT2D eigenvalue weighted by molar-refractivity contribution is 0.580. The number of rotatable bonds is 4. The van der Waals surface area contributed by atoms with E-state index in [2.05, 4.69) is 30.9 Å². The zero-order valence-corrected chi connectivity index (χ0v) is 9.64. The predicted octanol–water partition coefficient (Wildman–Crippen LogP) is 2.57. The maximum absolute atomic E-state index is 3.56. The molecule has 0 bridgehead atoms. The molecular weight excluding hydrogens is 186 g/mol. The van der Waals surface area contributed by atoms with Gasteiger partial charge in [-0.2, -0.15) is 11.8 Å². The van der Waals surface area contributed by atoms with Crippen LogP contribution in [0.3, 0.4) is 0 Å². The summed E-state index contributed by atoms with van der Waals surface area (Å²) < 4.78 is 0. The molecule has 0 spiro atoms. The molecular formula is C9H19NS2. The second-order valence-electron chi connectivity index (χ2n) is 3.16. The Morgan fingerprint density at radius 1 is 1.58 bits per heavy atom. The van der Waals surface area contributed by atoms with Crippen LogP contribution < -0.4 is 5.32 Å². The van der Waals surface area contributed by atoms with Crippen molar-refractivity contribution in [2.75, 3.05) is 18.1 Å². The van der Waals surface area contributed by atoms with E-state index < -0.39 is 0 Å². The highest BCUT2D eigenvalue weighted by Crippen LogP contribution is 2.25. The van der Waals surface area contributed by atoms with E-state index in [9.17, 15) is 0 Å². The van der Waals surface area contributed by atoms with Crippen LogP contribution in [-0.2, 0) is 0 Å². The van der Waals surface area contributed by atoms with Gasteiger partial charge in [-0.15, -0.1) is 11.8 Å². The molecule has 1 heterocycles. The van der Waals surface area contributed by atoms with Crippen LogP contribution in [0.15, 0.2) is 0 Å². The summed E-state index contributed by atoms with van der Waals surface area (Å²) in [6.07, 6.45) is 2.66. The smallest absolute Gasteiger partial charge is 0.0542 e. The average Bonchev–Trinajstić information content (AvgIpc) is 2.05. The summed E-state index contributed by atoms with van der Waals surface area (Å²) in [5.41, 5.74) is 0. The fourth-order valence-corrected chi connectivity index (χ4v) is 3.47. The number of hydrogen-bond acceptors (Lipinski definition) is 3. The molecule has 72 valence electrons. The van der Waals surface area contributed by atoms with Crippen molar-refractivity contribution in [2.45, 2.75) is 37.3 Å².